The maximum Gasteiger partial charge on any atom is 0.271 e. The van der Waals surface area contributed by atoms with Crippen LogP contribution in [0.25, 0.3) is 6.08 Å². The van der Waals surface area contributed by atoms with Gasteiger partial charge >= 0.3 is 0 Å². The van der Waals surface area contributed by atoms with Gasteiger partial charge in [-0.25, -0.2) is 0 Å². The van der Waals surface area contributed by atoms with Gasteiger partial charge < -0.3 is 9.47 Å². The van der Waals surface area contributed by atoms with E-state index >= 15 is 0 Å². The number of aliphatic imine (C=N–C) groups is 1. The van der Waals surface area contributed by atoms with Crippen LogP contribution >= 0.6 is 11.8 Å². The van der Waals surface area contributed by atoms with E-state index in [-0.39, 0.29) is 5.91 Å². The quantitative estimate of drug-likeness (QED) is 0.360. The number of hydrogen-bond donors (Lipinski definition) is 0. The van der Waals surface area contributed by atoms with Crippen LogP contribution in [0.5, 0.6) is 11.5 Å². The maximum atomic E-state index is 13.4. The zero-order chi connectivity index (χ0) is 22.5. The number of thioether (sulfide) groups is 1. The first kappa shape index (κ1) is 21.3. The number of carbonyl (C=O) groups is 1. The number of amidine groups is 1. The largest absolute Gasteiger partial charge is 0.486 e. The molecule has 1 amide bonds. The van der Waals surface area contributed by atoms with Crippen LogP contribution < -0.4 is 14.4 Å². The zero-order valence-corrected chi connectivity index (χ0v) is 19.0. The molecule has 0 radical (unpaired) electrons. The lowest BCUT2D eigenvalue weighted by Gasteiger charge is -2.18. The number of amides is 1. The minimum atomic E-state index is -0.0668. The van der Waals surface area contributed by atoms with Gasteiger partial charge in [0.25, 0.3) is 5.91 Å². The van der Waals surface area contributed by atoms with Gasteiger partial charge in [-0.1, -0.05) is 54.6 Å². The highest BCUT2D eigenvalue weighted by atomic mass is 32.2. The van der Waals surface area contributed by atoms with E-state index in [1.807, 2.05) is 60.7 Å². The molecule has 0 saturated carbocycles. The van der Waals surface area contributed by atoms with Crippen LogP contribution in [-0.2, 0) is 11.2 Å². The number of hydrogen-bond acceptors (Lipinski definition) is 5. The van der Waals surface area contributed by atoms with Gasteiger partial charge in [-0.15, -0.1) is 0 Å². The van der Waals surface area contributed by atoms with E-state index in [1.165, 1.54) is 17.3 Å². The molecule has 0 aliphatic carbocycles. The van der Waals surface area contributed by atoms with E-state index < -0.39 is 0 Å². The van der Waals surface area contributed by atoms with E-state index in [9.17, 15) is 4.79 Å². The minimum Gasteiger partial charge on any atom is -0.486 e. The number of carbonyl (C=O) groups excluding carboxylic acids is 1. The summed E-state index contributed by atoms with van der Waals surface area (Å²) in [5.41, 5.74) is 3.02. The normalized spacial score (nSPS) is 17.7. The molecule has 2 aliphatic rings. The van der Waals surface area contributed by atoms with E-state index in [0.29, 0.717) is 35.6 Å². The lowest BCUT2D eigenvalue weighted by atomic mass is 10.1. The molecule has 2 heterocycles. The van der Waals surface area contributed by atoms with Crippen LogP contribution in [0.3, 0.4) is 0 Å². The van der Waals surface area contributed by atoms with Crippen molar-refractivity contribution >= 4 is 34.6 Å². The predicted molar refractivity (Wildman–Crippen MR) is 134 cm³/mol. The summed E-state index contributed by atoms with van der Waals surface area (Å²) in [4.78, 5) is 20.5. The summed E-state index contributed by atoms with van der Waals surface area (Å²) < 4.78 is 11.3. The number of fused-ring (bicyclic) bond motifs is 1. The average molecular weight is 457 g/mol. The van der Waals surface area contributed by atoms with E-state index in [1.54, 1.807) is 4.90 Å². The Morgan fingerprint density at radius 3 is 2.42 bits per heavy atom. The Bertz CT molecular complexity index is 1190. The molecule has 3 aromatic rings. The van der Waals surface area contributed by atoms with Gasteiger partial charge in [0.1, 0.15) is 13.2 Å². The summed E-state index contributed by atoms with van der Waals surface area (Å²) >= 11 is 1.42. The van der Waals surface area contributed by atoms with Crippen LogP contribution in [0.4, 0.5) is 5.69 Å². The van der Waals surface area contributed by atoms with Crippen LogP contribution in [0.15, 0.2) is 88.8 Å². The number of benzene rings is 3. The number of para-hydroxylation sites is 1. The Kier molecular flexibility index (Phi) is 6.44. The number of ether oxygens (including phenoxy) is 2. The van der Waals surface area contributed by atoms with Crippen molar-refractivity contribution in [3.8, 4) is 11.5 Å². The van der Waals surface area contributed by atoms with Gasteiger partial charge in [0.15, 0.2) is 16.7 Å². The van der Waals surface area contributed by atoms with E-state index in [0.717, 1.165) is 29.8 Å². The highest BCUT2D eigenvalue weighted by Gasteiger charge is 2.34. The summed E-state index contributed by atoms with van der Waals surface area (Å²) in [6, 6.07) is 25.8. The maximum absolute atomic E-state index is 13.4. The van der Waals surface area contributed by atoms with Crippen LogP contribution in [-0.4, -0.2) is 30.8 Å². The summed E-state index contributed by atoms with van der Waals surface area (Å²) in [5, 5.41) is 0.711. The molecule has 0 bridgehead atoms. The SMILES string of the molecule is O=C1/C(=C/c2ccc3c(c2)OCCO3)SC(=NCCCc2ccccc2)N1c1ccccc1. The molecule has 5 nitrogen and oxygen atoms in total. The Labute approximate surface area is 197 Å². The van der Waals surface area contributed by atoms with E-state index in [2.05, 4.69) is 24.3 Å². The van der Waals surface area contributed by atoms with Gasteiger partial charge in [-0.05, 0) is 66.1 Å². The fourth-order valence-electron chi connectivity index (χ4n) is 3.79. The van der Waals surface area contributed by atoms with E-state index in [4.69, 9.17) is 14.5 Å². The molecular weight excluding hydrogens is 432 g/mol. The van der Waals surface area contributed by atoms with Crippen molar-refractivity contribution in [1.82, 2.24) is 0 Å². The summed E-state index contributed by atoms with van der Waals surface area (Å²) in [7, 11) is 0. The third-order valence-corrected chi connectivity index (χ3v) is 6.40. The van der Waals surface area contributed by atoms with Crippen molar-refractivity contribution in [3.63, 3.8) is 0 Å². The molecule has 1 saturated heterocycles. The molecule has 166 valence electrons. The van der Waals surface area contributed by atoms with Crippen molar-refractivity contribution in [2.24, 2.45) is 4.99 Å². The summed E-state index contributed by atoms with van der Waals surface area (Å²) in [6.45, 7) is 1.74. The molecule has 6 heteroatoms. The number of aryl methyl sites for hydroxylation is 1. The number of rotatable bonds is 6. The highest BCUT2D eigenvalue weighted by molar-refractivity contribution is 8.19. The molecule has 0 aromatic heterocycles. The van der Waals surface area contributed by atoms with Crippen LogP contribution in [0, 0.1) is 0 Å². The Hall–Kier alpha value is -3.51. The zero-order valence-electron chi connectivity index (χ0n) is 18.1. The van der Waals surface area contributed by atoms with Gasteiger partial charge in [0.2, 0.25) is 0 Å². The fourth-order valence-corrected chi connectivity index (χ4v) is 4.79. The van der Waals surface area contributed by atoms with Gasteiger partial charge in [-0.2, -0.15) is 0 Å². The molecule has 0 unspecified atom stereocenters. The van der Waals surface area contributed by atoms with Gasteiger partial charge in [0, 0.05) is 6.54 Å². The van der Waals surface area contributed by atoms with Crippen molar-refractivity contribution in [2.75, 3.05) is 24.7 Å². The first-order valence-electron chi connectivity index (χ1n) is 11.0. The lowest BCUT2D eigenvalue weighted by Crippen LogP contribution is -2.29. The third-order valence-electron chi connectivity index (χ3n) is 5.40. The van der Waals surface area contributed by atoms with Crippen molar-refractivity contribution in [2.45, 2.75) is 12.8 Å². The Balaban J connectivity index is 1.37. The van der Waals surface area contributed by atoms with Gasteiger partial charge in [0.05, 0.1) is 10.6 Å². The number of anilines is 1. The molecule has 0 atom stereocenters. The standard InChI is InChI=1S/C27H24N2O3S/c30-26-25(19-21-13-14-23-24(18-21)32-17-16-31-23)33-27(29(26)22-11-5-2-6-12-22)28-15-7-10-20-8-3-1-4-9-20/h1-6,8-9,11-14,18-19H,7,10,15-17H2/b25-19-,28-27?. The predicted octanol–water partition coefficient (Wildman–Crippen LogP) is 5.57. The second kappa shape index (κ2) is 9.96. The molecule has 3 aromatic carbocycles. The summed E-state index contributed by atoms with van der Waals surface area (Å²) in [6.07, 6.45) is 3.78. The smallest absolute Gasteiger partial charge is 0.271 e. The molecule has 0 spiro atoms. The van der Waals surface area contributed by atoms with Crippen LogP contribution in [0.1, 0.15) is 17.5 Å². The van der Waals surface area contributed by atoms with Crippen LogP contribution in [0.2, 0.25) is 0 Å². The second-order valence-corrected chi connectivity index (χ2v) is 8.75. The molecule has 1 fully saturated rings. The lowest BCUT2D eigenvalue weighted by molar-refractivity contribution is -0.113. The molecule has 2 aliphatic heterocycles. The van der Waals surface area contributed by atoms with Crippen molar-refractivity contribution < 1.29 is 14.3 Å². The number of nitrogens with zero attached hydrogens (tertiary/aromatic N) is 2. The first-order valence-corrected chi connectivity index (χ1v) is 11.9. The molecule has 0 N–H and O–H groups in total. The highest BCUT2D eigenvalue weighted by Crippen LogP contribution is 2.37. The second-order valence-electron chi connectivity index (χ2n) is 7.74. The molecule has 33 heavy (non-hydrogen) atoms. The fraction of sp³-hybridized carbons (Fsp3) is 0.185. The third kappa shape index (κ3) is 4.96. The topological polar surface area (TPSA) is 51.1 Å². The van der Waals surface area contributed by atoms with Crippen molar-refractivity contribution in [1.29, 1.82) is 0 Å². The average Bonchev–Trinajstić information content (AvgIpc) is 3.17. The first-order chi connectivity index (χ1) is 16.3. The van der Waals surface area contributed by atoms with Gasteiger partial charge in [-0.3, -0.25) is 14.7 Å². The Morgan fingerprint density at radius 2 is 1.64 bits per heavy atom. The molecular formula is C27H24N2O3S. The summed E-state index contributed by atoms with van der Waals surface area (Å²) in [5.74, 6) is 1.38. The minimum absolute atomic E-state index is 0.0668. The monoisotopic (exact) mass is 456 g/mol. The molecule has 5 rings (SSSR count). The van der Waals surface area contributed by atoms with Crippen molar-refractivity contribution in [3.05, 3.63) is 94.9 Å². The Morgan fingerprint density at radius 1 is 0.909 bits per heavy atom.